The van der Waals surface area contributed by atoms with E-state index in [1.54, 1.807) is 17.6 Å². The summed E-state index contributed by atoms with van der Waals surface area (Å²) in [6, 6.07) is 5.80. The number of aryl methyl sites for hydroxylation is 1. The average Bonchev–Trinajstić information content (AvgIpc) is 3.28. The number of H-pyrrole nitrogens is 1. The zero-order valence-electron chi connectivity index (χ0n) is 13.9. The molecule has 0 unspecified atom stereocenters. The van der Waals surface area contributed by atoms with Crippen LogP contribution in [0.25, 0.3) is 21.5 Å². The van der Waals surface area contributed by atoms with Gasteiger partial charge in [0, 0.05) is 22.4 Å². The van der Waals surface area contributed by atoms with Gasteiger partial charge < -0.3 is 9.40 Å². The molecule has 0 amide bonds. The lowest BCUT2D eigenvalue weighted by Gasteiger charge is -2.15. The molecule has 0 fully saturated rings. The second-order valence-electron chi connectivity index (χ2n) is 6.02. The van der Waals surface area contributed by atoms with Gasteiger partial charge >= 0.3 is 0 Å². The molecular formula is C18H17N3O2S2. The van der Waals surface area contributed by atoms with Crippen molar-refractivity contribution < 1.29 is 4.42 Å². The minimum absolute atomic E-state index is 0.117. The van der Waals surface area contributed by atoms with E-state index >= 15 is 0 Å². The first-order chi connectivity index (χ1) is 12.1. The second kappa shape index (κ2) is 6.59. The molecule has 4 rings (SSSR count). The first kappa shape index (κ1) is 16.3. The van der Waals surface area contributed by atoms with Crippen molar-refractivity contribution in [1.29, 1.82) is 0 Å². The fourth-order valence-electron chi connectivity index (χ4n) is 2.80. The van der Waals surface area contributed by atoms with Crippen LogP contribution in [0.3, 0.4) is 0 Å². The fourth-order valence-corrected chi connectivity index (χ4v) is 4.74. The minimum atomic E-state index is -0.117. The molecule has 0 aliphatic heterocycles. The van der Waals surface area contributed by atoms with Crippen molar-refractivity contribution in [3.8, 4) is 11.3 Å². The maximum Gasteiger partial charge on any atom is 0.260 e. The van der Waals surface area contributed by atoms with Crippen molar-refractivity contribution in [2.24, 2.45) is 0 Å². The highest BCUT2D eigenvalue weighted by Crippen LogP contribution is 2.30. The summed E-state index contributed by atoms with van der Waals surface area (Å²) in [5, 5.41) is 4.63. The van der Waals surface area contributed by atoms with Crippen LogP contribution in [0.1, 0.15) is 16.3 Å². The maximum absolute atomic E-state index is 12.6. The summed E-state index contributed by atoms with van der Waals surface area (Å²) < 4.78 is 5.42. The number of furan rings is 1. The van der Waals surface area contributed by atoms with Crippen molar-refractivity contribution in [3.63, 3.8) is 0 Å². The number of hydrogen-bond donors (Lipinski definition) is 1. The lowest BCUT2D eigenvalue weighted by Crippen LogP contribution is -2.21. The van der Waals surface area contributed by atoms with Gasteiger partial charge in [0.15, 0.2) is 0 Å². The van der Waals surface area contributed by atoms with Gasteiger partial charge in [0.25, 0.3) is 5.56 Å². The Morgan fingerprint density at radius 2 is 2.16 bits per heavy atom. The summed E-state index contributed by atoms with van der Waals surface area (Å²) in [6.07, 6.45) is 1.61. The van der Waals surface area contributed by atoms with E-state index < -0.39 is 0 Å². The molecule has 0 radical (unpaired) electrons. The summed E-state index contributed by atoms with van der Waals surface area (Å²) in [5.41, 5.74) is 1.98. The van der Waals surface area contributed by atoms with E-state index in [4.69, 9.17) is 4.42 Å². The van der Waals surface area contributed by atoms with Crippen LogP contribution >= 0.6 is 22.7 Å². The number of aromatic amines is 1. The lowest BCUT2D eigenvalue weighted by atomic mass is 10.2. The monoisotopic (exact) mass is 371 g/mol. The normalized spacial score (nSPS) is 11.6. The molecule has 0 atom stereocenters. The first-order valence-corrected chi connectivity index (χ1v) is 9.63. The molecule has 0 aromatic carbocycles. The summed E-state index contributed by atoms with van der Waals surface area (Å²) in [4.78, 5) is 24.4. The van der Waals surface area contributed by atoms with Gasteiger partial charge in [-0.2, -0.15) is 0 Å². The third kappa shape index (κ3) is 3.18. The number of aromatic nitrogens is 2. The van der Waals surface area contributed by atoms with E-state index in [0.717, 1.165) is 16.9 Å². The number of rotatable bonds is 5. The highest BCUT2D eigenvalue weighted by molar-refractivity contribution is 7.17. The van der Waals surface area contributed by atoms with Crippen LogP contribution in [0.4, 0.5) is 0 Å². The molecule has 0 saturated carbocycles. The zero-order chi connectivity index (χ0) is 17.4. The van der Waals surface area contributed by atoms with E-state index in [2.05, 4.69) is 33.2 Å². The summed E-state index contributed by atoms with van der Waals surface area (Å²) in [7, 11) is 2.03. The molecule has 4 aromatic rings. The van der Waals surface area contributed by atoms with E-state index in [1.807, 2.05) is 24.6 Å². The molecule has 0 spiro atoms. The molecule has 4 heterocycles. The van der Waals surface area contributed by atoms with E-state index in [1.165, 1.54) is 21.8 Å². The predicted molar refractivity (Wildman–Crippen MR) is 102 cm³/mol. The van der Waals surface area contributed by atoms with E-state index in [-0.39, 0.29) is 5.56 Å². The van der Waals surface area contributed by atoms with Crippen molar-refractivity contribution in [2.45, 2.75) is 20.0 Å². The van der Waals surface area contributed by atoms with Gasteiger partial charge in [-0.05, 0) is 43.1 Å². The Kier molecular flexibility index (Phi) is 4.29. The summed E-state index contributed by atoms with van der Waals surface area (Å²) >= 11 is 3.22. The molecule has 0 aliphatic carbocycles. The summed E-state index contributed by atoms with van der Waals surface area (Å²) in [6.45, 7) is 3.55. The number of fused-ring (bicyclic) bond motifs is 1. The highest BCUT2D eigenvalue weighted by atomic mass is 32.1. The van der Waals surface area contributed by atoms with Crippen LogP contribution < -0.4 is 5.56 Å². The Labute approximate surface area is 152 Å². The topological polar surface area (TPSA) is 62.1 Å². The lowest BCUT2D eigenvalue weighted by molar-refractivity contribution is 0.313. The zero-order valence-corrected chi connectivity index (χ0v) is 15.5. The molecule has 0 aliphatic rings. The minimum Gasteiger partial charge on any atom is -0.464 e. The van der Waals surface area contributed by atoms with Crippen LogP contribution in [0.5, 0.6) is 0 Å². The molecule has 5 nitrogen and oxygen atoms in total. The Hall–Kier alpha value is -2.22. The van der Waals surface area contributed by atoms with Gasteiger partial charge in [-0.3, -0.25) is 9.69 Å². The highest BCUT2D eigenvalue weighted by Gasteiger charge is 2.15. The van der Waals surface area contributed by atoms with Crippen molar-refractivity contribution in [3.05, 3.63) is 61.8 Å². The first-order valence-electron chi connectivity index (χ1n) is 7.87. The number of thiophene rings is 2. The smallest absolute Gasteiger partial charge is 0.260 e. The number of hydrogen-bond acceptors (Lipinski definition) is 6. The Morgan fingerprint density at radius 3 is 2.88 bits per heavy atom. The molecule has 4 aromatic heterocycles. The SMILES string of the molecule is Cc1ccsc1CN(C)Cc1nc2scc(-c3ccco3)c2c(=O)[nH]1. The molecule has 0 saturated heterocycles. The maximum atomic E-state index is 12.6. The third-order valence-electron chi connectivity index (χ3n) is 4.08. The summed E-state index contributed by atoms with van der Waals surface area (Å²) in [5.74, 6) is 1.37. The second-order valence-corrected chi connectivity index (χ2v) is 7.88. The molecule has 7 heteroatoms. The van der Waals surface area contributed by atoms with Gasteiger partial charge in [-0.25, -0.2) is 4.98 Å². The van der Waals surface area contributed by atoms with Crippen LogP contribution in [0, 0.1) is 6.92 Å². The van der Waals surface area contributed by atoms with Gasteiger partial charge in [0.05, 0.1) is 18.2 Å². The van der Waals surface area contributed by atoms with Gasteiger partial charge in [0.2, 0.25) is 0 Å². The standard InChI is InChI=1S/C18H17N3O2S2/c1-11-5-7-24-14(11)8-21(2)9-15-19-17(22)16-12(10-25-18(16)20-15)13-4-3-6-23-13/h3-7,10H,8-9H2,1-2H3,(H,19,20,22). The Balaban J connectivity index is 1.61. The number of nitrogens with zero attached hydrogens (tertiary/aromatic N) is 2. The van der Waals surface area contributed by atoms with Gasteiger partial charge in [-0.1, -0.05) is 0 Å². The number of nitrogens with one attached hydrogen (secondary N) is 1. The van der Waals surface area contributed by atoms with E-state index in [0.29, 0.717) is 23.5 Å². The Morgan fingerprint density at radius 1 is 1.28 bits per heavy atom. The van der Waals surface area contributed by atoms with Crippen molar-refractivity contribution in [2.75, 3.05) is 7.05 Å². The molecule has 0 bridgehead atoms. The van der Waals surface area contributed by atoms with Crippen LogP contribution in [-0.4, -0.2) is 21.9 Å². The fraction of sp³-hybridized carbons (Fsp3) is 0.222. The van der Waals surface area contributed by atoms with Crippen molar-refractivity contribution >= 4 is 32.9 Å². The molecule has 1 N–H and O–H groups in total. The van der Waals surface area contributed by atoms with Gasteiger partial charge in [-0.15, -0.1) is 22.7 Å². The molecule has 25 heavy (non-hydrogen) atoms. The van der Waals surface area contributed by atoms with Gasteiger partial charge in [0.1, 0.15) is 16.4 Å². The van der Waals surface area contributed by atoms with Crippen molar-refractivity contribution in [1.82, 2.24) is 14.9 Å². The average molecular weight is 371 g/mol. The van der Waals surface area contributed by atoms with Crippen LogP contribution in [-0.2, 0) is 13.1 Å². The Bertz CT molecular complexity index is 1060. The largest absolute Gasteiger partial charge is 0.464 e. The molecule has 128 valence electrons. The van der Waals surface area contributed by atoms with Crippen LogP contribution in [0.15, 0.2) is 44.4 Å². The van der Waals surface area contributed by atoms with Crippen LogP contribution in [0.2, 0.25) is 0 Å². The quantitative estimate of drug-likeness (QED) is 0.570. The van der Waals surface area contributed by atoms with E-state index in [9.17, 15) is 4.79 Å². The predicted octanol–water partition coefficient (Wildman–Crippen LogP) is 4.25. The third-order valence-corrected chi connectivity index (χ3v) is 5.96. The molecular weight excluding hydrogens is 354 g/mol.